The lowest BCUT2D eigenvalue weighted by atomic mass is 10.0. The van der Waals surface area contributed by atoms with E-state index in [1.165, 1.54) is 43.5 Å². The van der Waals surface area contributed by atoms with E-state index < -0.39 is 5.63 Å². The first-order valence-electron chi connectivity index (χ1n) is 6.37. The zero-order chi connectivity index (χ0) is 15.9. The molecule has 0 bridgehead atoms. The quantitative estimate of drug-likeness (QED) is 0.497. The van der Waals surface area contributed by atoms with Crippen molar-refractivity contribution in [3.8, 4) is 34.1 Å². The van der Waals surface area contributed by atoms with Crippen molar-refractivity contribution in [2.45, 2.75) is 0 Å². The van der Waals surface area contributed by atoms with Crippen molar-refractivity contribution in [2.75, 3.05) is 7.11 Å². The number of phenolic OH excluding ortho intramolecular Hbond substituents is 3. The first kappa shape index (κ1) is 13.8. The summed E-state index contributed by atoms with van der Waals surface area (Å²) in [5.41, 5.74) is 0.380. The molecule has 22 heavy (non-hydrogen) atoms. The van der Waals surface area contributed by atoms with Gasteiger partial charge in [0, 0.05) is 23.8 Å². The van der Waals surface area contributed by atoms with Crippen LogP contribution in [-0.4, -0.2) is 22.4 Å². The molecule has 0 saturated carbocycles. The second-order valence-corrected chi connectivity index (χ2v) is 4.70. The monoisotopic (exact) mass is 300 g/mol. The Hall–Kier alpha value is -3.15. The van der Waals surface area contributed by atoms with E-state index >= 15 is 0 Å². The van der Waals surface area contributed by atoms with E-state index in [0.717, 1.165) is 0 Å². The molecule has 1 heterocycles. The summed E-state index contributed by atoms with van der Waals surface area (Å²) in [7, 11) is 1.43. The van der Waals surface area contributed by atoms with Gasteiger partial charge in [-0.2, -0.15) is 0 Å². The van der Waals surface area contributed by atoms with Crippen LogP contribution in [0.5, 0.6) is 23.0 Å². The van der Waals surface area contributed by atoms with Gasteiger partial charge >= 0.3 is 5.63 Å². The van der Waals surface area contributed by atoms with Crippen molar-refractivity contribution in [3.63, 3.8) is 0 Å². The van der Waals surface area contributed by atoms with Gasteiger partial charge in [0.05, 0.1) is 12.5 Å². The van der Waals surface area contributed by atoms with Gasteiger partial charge in [-0.25, -0.2) is 4.79 Å². The second kappa shape index (κ2) is 5.00. The van der Waals surface area contributed by atoms with Crippen LogP contribution < -0.4 is 10.4 Å². The normalized spacial score (nSPS) is 10.8. The van der Waals surface area contributed by atoms with Crippen LogP contribution in [0.1, 0.15) is 0 Å². The van der Waals surface area contributed by atoms with Crippen LogP contribution in [0, 0.1) is 0 Å². The summed E-state index contributed by atoms with van der Waals surface area (Å²) in [5.74, 6) is -0.381. The number of methoxy groups -OCH3 is 1. The summed E-state index contributed by atoms with van der Waals surface area (Å²) in [4.78, 5) is 11.7. The van der Waals surface area contributed by atoms with Crippen LogP contribution in [0.2, 0.25) is 0 Å². The van der Waals surface area contributed by atoms with Crippen LogP contribution in [0.3, 0.4) is 0 Å². The largest absolute Gasteiger partial charge is 0.507 e. The van der Waals surface area contributed by atoms with Gasteiger partial charge in [-0.1, -0.05) is 6.07 Å². The molecule has 0 spiro atoms. The molecule has 6 heteroatoms. The van der Waals surface area contributed by atoms with Crippen LogP contribution >= 0.6 is 0 Å². The molecule has 0 aliphatic rings. The number of ether oxygens (including phenoxy) is 1. The SMILES string of the molecule is COc1cc(O)c2c(-c3ccc(O)c(O)c3)cc(=O)oc2c1. The van der Waals surface area contributed by atoms with Crippen molar-refractivity contribution in [2.24, 2.45) is 0 Å². The van der Waals surface area contributed by atoms with Crippen LogP contribution in [0.25, 0.3) is 22.1 Å². The fourth-order valence-corrected chi connectivity index (χ4v) is 2.29. The number of hydrogen-bond donors (Lipinski definition) is 3. The molecule has 2 aromatic carbocycles. The van der Waals surface area contributed by atoms with E-state index in [0.29, 0.717) is 22.3 Å². The van der Waals surface area contributed by atoms with Crippen molar-refractivity contribution >= 4 is 11.0 Å². The average molecular weight is 300 g/mol. The van der Waals surface area contributed by atoms with Crippen molar-refractivity contribution in [1.82, 2.24) is 0 Å². The van der Waals surface area contributed by atoms with Gasteiger partial charge in [-0.3, -0.25) is 0 Å². The van der Waals surface area contributed by atoms with Gasteiger partial charge in [-0.15, -0.1) is 0 Å². The van der Waals surface area contributed by atoms with Crippen molar-refractivity contribution < 1.29 is 24.5 Å². The first-order valence-corrected chi connectivity index (χ1v) is 6.37. The summed E-state index contributed by atoms with van der Waals surface area (Å²) in [6.45, 7) is 0. The summed E-state index contributed by atoms with van der Waals surface area (Å²) in [6, 6.07) is 8.21. The van der Waals surface area contributed by atoms with Crippen LogP contribution in [0.4, 0.5) is 0 Å². The number of aromatic hydroxyl groups is 3. The van der Waals surface area contributed by atoms with E-state index in [1.807, 2.05) is 0 Å². The Morgan fingerprint density at radius 3 is 2.41 bits per heavy atom. The molecule has 0 amide bonds. The van der Waals surface area contributed by atoms with E-state index in [1.54, 1.807) is 0 Å². The molecule has 3 aromatic rings. The maximum Gasteiger partial charge on any atom is 0.336 e. The lowest BCUT2D eigenvalue weighted by molar-refractivity contribution is 0.404. The van der Waals surface area contributed by atoms with Gasteiger partial charge in [0.2, 0.25) is 0 Å². The smallest absolute Gasteiger partial charge is 0.336 e. The standard InChI is InChI=1S/C16H12O6/c1-21-9-5-13(19)16-10(7-15(20)22-14(16)6-9)8-2-3-11(17)12(18)4-8/h2-7,17-19H,1H3. The average Bonchev–Trinajstić information content (AvgIpc) is 2.48. The first-order chi connectivity index (χ1) is 10.5. The third-order valence-corrected chi connectivity index (χ3v) is 3.32. The Bertz CT molecular complexity index is 926. The van der Waals surface area contributed by atoms with E-state index in [2.05, 4.69) is 0 Å². The molecule has 112 valence electrons. The summed E-state index contributed by atoms with van der Waals surface area (Å²) >= 11 is 0. The predicted molar refractivity (Wildman–Crippen MR) is 79.5 cm³/mol. The van der Waals surface area contributed by atoms with Crippen LogP contribution in [-0.2, 0) is 0 Å². The fraction of sp³-hybridized carbons (Fsp3) is 0.0625. The minimum absolute atomic E-state index is 0.124. The van der Waals surface area contributed by atoms with E-state index in [4.69, 9.17) is 9.15 Å². The topological polar surface area (TPSA) is 100 Å². The Balaban J connectivity index is 2.38. The zero-order valence-corrected chi connectivity index (χ0v) is 11.5. The maximum absolute atomic E-state index is 11.7. The zero-order valence-electron chi connectivity index (χ0n) is 11.5. The molecule has 3 N–H and O–H groups in total. The molecule has 0 unspecified atom stereocenters. The minimum Gasteiger partial charge on any atom is -0.507 e. The lowest BCUT2D eigenvalue weighted by Gasteiger charge is -2.10. The molecular weight excluding hydrogens is 288 g/mol. The highest BCUT2D eigenvalue weighted by molar-refractivity contribution is 5.98. The molecular formula is C16H12O6. The molecule has 3 rings (SSSR count). The lowest BCUT2D eigenvalue weighted by Crippen LogP contribution is -1.98. The van der Waals surface area contributed by atoms with Crippen LogP contribution in [0.15, 0.2) is 45.6 Å². The third-order valence-electron chi connectivity index (χ3n) is 3.32. The number of fused-ring (bicyclic) bond motifs is 1. The minimum atomic E-state index is -0.609. The molecule has 0 fully saturated rings. The van der Waals surface area contributed by atoms with E-state index in [-0.39, 0.29) is 22.8 Å². The summed E-state index contributed by atoms with van der Waals surface area (Å²) in [5, 5.41) is 29.5. The third kappa shape index (κ3) is 2.20. The molecule has 0 atom stereocenters. The number of hydrogen-bond acceptors (Lipinski definition) is 6. The van der Waals surface area contributed by atoms with E-state index in [9.17, 15) is 20.1 Å². The number of phenols is 3. The summed E-state index contributed by atoms with van der Waals surface area (Å²) in [6.07, 6.45) is 0. The second-order valence-electron chi connectivity index (χ2n) is 4.70. The summed E-state index contributed by atoms with van der Waals surface area (Å²) < 4.78 is 10.1. The Labute approximate surface area is 124 Å². The Morgan fingerprint density at radius 2 is 1.73 bits per heavy atom. The predicted octanol–water partition coefficient (Wildman–Crippen LogP) is 2.59. The Kier molecular flexibility index (Phi) is 3.14. The van der Waals surface area contributed by atoms with Gasteiger partial charge in [0.15, 0.2) is 11.5 Å². The highest BCUT2D eigenvalue weighted by Gasteiger charge is 2.15. The van der Waals surface area contributed by atoms with Crippen molar-refractivity contribution in [1.29, 1.82) is 0 Å². The highest BCUT2D eigenvalue weighted by Crippen LogP contribution is 2.38. The number of benzene rings is 2. The van der Waals surface area contributed by atoms with Crippen molar-refractivity contribution in [3.05, 3.63) is 46.8 Å². The maximum atomic E-state index is 11.7. The molecule has 0 radical (unpaired) electrons. The highest BCUT2D eigenvalue weighted by atomic mass is 16.5. The van der Waals surface area contributed by atoms with Gasteiger partial charge in [-0.05, 0) is 17.7 Å². The molecule has 0 saturated heterocycles. The van der Waals surface area contributed by atoms with Gasteiger partial charge in [0.25, 0.3) is 0 Å². The number of rotatable bonds is 2. The molecule has 1 aromatic heterocycles. The molecule has 6 nitrogen and oxygen atoms in total. The fourth-order valence-electron chi connectivity index (χ4n) is 2.29. The molecule has 0 aliphatic carbocycles. The van der Waals surface area contributed by atoms with Gasteiger partial charge in [0.1, 0.15) is 17.1 Å². The molecule has 0 aliphatic heterocycles. The van der Waals surface area contributed by atoms with Gasteiger partial charge < -0.3 is 24.5 Å². The Morgan fingerprint density at radius 1 is 0.955 bits per heavy atom.